The van der Waals surface area contributed by atoms with Gasteiger partial charge in [0.15, 0.2) is 12.6 Å². The van der Waals surface area contributed by atoms with Gasteiger partial charge in [-0.05, 0) is 77.0 Å². The van der Waals surface area contributed by atoms with E-state index in [-0.39, 0.29) is 112 Å². The standard InChI is InChI=1S/C64H114N2O23/c1-43-51(36-46(37-67)59(79)56(43)76)85-30-16-13-24-54(74)65-28-17-29-66-55(75)27-35-84-42-64(4,40-82-33-25-49(72)20-9-5-7-18-47(70)22-11-14-31-86-62-44(2)57(77)60(80)52(38-68)88-62)41-83-34-26-50(73)21-10-6-8-19-48(71)23-12-15-32-87-63-45(3)58(78)61(81)53(39-69)89-63/h43-46,51-53,56-63,67-69,76-81H,5-42H2,1-4H3,(H,65,74)(H,66,75). The fraction of sp³-hybridized carbons (Fsp3) is 0.906. The fourth-order valence-electron chi connectivity index (χ4n) is 11.0. The number of aliphatic hydroxyl groups excluding tert-OH is 9. The Balaban J connectivity index is 1.29. The number of nitrogens with one attached hydrogen (secondary N) is 2. The van der Waals surface area contributed by atoms with Crippen molar-refractivity contribution in [2.24, 2.45) is 29.1 Å². The van der Waals surface area contributed by atoms with Gasteiger partial charge in [-0.1, -0.05) is 40.5 Å². The summed E-state index contributed by atoms with van der Waals surface area (Å²) >= 11 is 0. The molecule has 15 atom stereocenters. The van der Waals surface area contributed by atoms with Crippen molar-refractivity contribution >= 4 is 34.9 Å². The average Bonchev–Trinajstić information content (AvgIpc) is 3.38. The molecule has 3 fully saturated rings. The molecule has 11 N–H and O–H groups in total. The number of aliphatic hydroxyl groups is 9. The molecule has 2 heterocycles. The smallest absolute Gasteiger partial charge is 0.222 e. The summed E-state index contributed by atoms with van der Waals surface area (Å²) in [6.07, 6.45) is 1.78. The van der Waals surface area contributed by atoms with Crippen molar-refractivity contribution < 1.29 is 113 Å². The number of Topliss-reactive ketones (excluding diaryl/α,β-unsaturated/α-hetero) is 4. The molecule has 0 bridgehead atoms. The Labute approximate surface area is 527 Å². The molecule has 1 aliphatic carbocycles. The van der Waals surface area contributed by atoms with E-state index >= 15 is 0 Å². The van der Waals surface area contributed by atoms with Crippen LogP contribution in [0.15, 0.2) is 0 Å². The van der Waals surface area contributed by atoms with Gasteiger partial charge in [0, 0.05) is 133 Å². The van der Waals surface area contributed by atoms with Crippen LogP contribution in [0, 0.1) is 29.1 Å². The topological polar surface area (TPSA) is 382 Å². The Morgan fingerprint density at radius 2 is 0.764 bits per heavy atom. The third-order valence-electron chi connectivity index (χ3n) is 17.2. The van der Waals surface area contributed by atoms with E-state index < -0.39 is 97.8 Å². The first kappa shape index (κ1) is 80.2. The Hall–Kier alpha value is -3.06. The maximum Gasteiger partial charge on any atom is 0.222 e. The minimum absolute atomic E-state index is 0.0441. The lowest BCUT2D eigenvalue weighted by molar-refractivity contribution is -0.282. The molecule has 518 valence electrons. The lowest BCUT2D eigenvalue weighted by Crippen LogP contribution is -2.55. The second-order valence-corrected chi connectivity index (χ2v) is 25.2. The zero-order chi connectivity index (χ0) is 65.6. The Bertz CT molecular complexity index is 1750. The van der Waals surface area contributed by atoms with Gasteiger partial charge in [-0.15, -0.1) is 0 Å². The SMILES string of the molecule is CC1C(OCCCCC(=O)NCCCNC(=O)CCOCC(C)(COCCC(=O)CCCCCC(=O)CCCCOC2OC(CO)C(O)C(O)C2C)COCCC(=O)CCCCCC(=O)CCCCOC2OC(CO)C(O)C(O)C2C)CC(CO)C(O)C1O. The van der Waals surface area contributed by atoms with Gasteiger partial charge in [0.1, 0.15) is 47.5 Å². The van der Waals surface area contributed by atoms with Crippen LogP contribution in [0.5, 0.6) is 0 Å². The van der Waals surface area contributed by atoms with Gasteiger partial charge in [0.05, 0.1) is 83.4 Å². The largest absolute Gasteiger partial charge is 0.396 e. The van der Waals surface area contributed by atoms with E-state index in [1.807, 2.05) is 13.8 Å². The minimum Gasteiger partial charge on any atom is -0.396 e. The number of rotatable bonds is 52. The lowest BCUT2D eigenvalue weighted by Gasteiger charge is -2.40. The first-order valence-electron chi connectivity index (χ1n) is 33.0. The van der Waals surface area contributed by atoms with E-state index in [0.29, 0.717) is 155 Å². The lowest BCUT2D eigenvalue weighted by atomic mass is 9.77. The summed E-state index contributed by atoms with van der Waals surface area (Å²) in [5, 5.41) is 95.0. The molecule has 2 saturated heterocycles. The van der Waals surface area contributed by atoms with E-state index in [0.717, 1.165) is 12.8 Å². The zero-order valence-corrected chi connectivity index (χ0v) is 53.8. The van der Waals surface area contributed by atoms with Crippen molar-refractivity contribution in [1.29, 1.82) is 0 Å². The van der Waals surface area contributed by atoms with Crippen molar-refractivity contribution in [3.63, 3.8) is 0 Å². The molecular weight excluding hydrogens is 1160 g/mol. The molecule has 1 saturated carbocycles. The second-order valence-electron chi connectivity index (χ2n) is 25.2. The van der Waals surface area contributed by atoms with Crippen LogP contribution in [0.25, 0.3) is 0 Å². The minimum atomic E-state index is -1.19. The molecule has 25 heteroatoms. The van der Waals surface area contributed by atoms with E-state index in [1.165, 1.54) is 0 Å². The van der Waals surface area contributed by atoms with Crippen LogP contribution in [-0.4, -0.2) is 241 Å². The van der Waals surface area contributed by atoms with Crippen LogP contribution >= 0.6 is 0 Å². The average molecular weight is 1280 g/mol. The van der Waals surface area contributed by atoms with Gasteiger partial charge >= 0.3 is 0 Å². The number of ether oxygens (including phenoxy) is 8. The highest BCUT2D eigenvalue weighted by Crippen LogP contribution is 2.33. The highest BCUT2D eigenvalue weighted by atomic mass is 16.7. The molecule has 3 rings (SSSR count). The maximum absolute atomic E-state index is 12.8. The molecular formula is C64H114N2O23. The predicted molar refractivity (Wildman–Crippen MR) is 325 cm³/mol. The van der Waals surface area contributed by atoms with Crippen molar-refractivity contribution in [1.82, 2.24) is 10.6 Å². The number of ketones is 4. The molecule has 15 unspecified atom stereocenters. The molecule has 0 radical (unpaired) electrons. The monoisotopic (exact) mass is 1280 g/mol. The van der Waals surface area contributed by atoms with E-state index in [2.05, 4.69) is 10.6 Å². The van der Waals surface area contributed by atoms with E-state index in [4.69, 9.17) is 37.9 Å². The molecule has 89 heavy (non-hydrogen) atoms. The van der Waals surface area contributed by atoms with E-state index in [9.17, 15) is 74.7 Å². The molecule has 2 amide bonds. The van der Waals surface area contributed by atoms with Crippen LogP contribution in [0.1, 0.15) is 182 Å². The highest BCUT2D eigenvalue weighted by molar-refractivity contribution is 5.80. The number of hydrogen-bond donors (Lipinski definition) is 11. The van der Waals surface area contributed by atoms with E-state index in [1.54, 1.807) is 13.8 Å². The summed E-state index contributed by atoms with van der Waals surface area (Å²) in [4.78, 5) is 75.6. The van der Waals surface area contributed by atoms with Crippen molar-refractivity contribution in [2.45, 2.75) is 249 Å². The summed E-state index contributed by atoms with van der Waals surface area (Å²) in [6.45, 7) is 8.76. The molecule has 3 aliphatic rings. The van der Waals surface area contributed by atoms with Crippen molar-refractivity contribution in [3.05, 3.63) is 0 Å². The third-order valence-corrected chi connectivity index (χ3v) is 17.2. The van der Waals surface area contributed by atoms with Gasteiger partial charge < -0.3 is 94.5 Å². The molecule has 0 aromatic heterocycles. The quantitative estimate of drug-likeness (QED) is 0.0390. The highest BCUT2D eigenvalue weighted by Gasteiger charge is 2.44. The zero-order valence-electron chi connectivity index (χ0n) is 53.8. The number of amides is 2. The van der Waals surface area contributed by atoms with Gasteiger partial charge in [-0.2, -0.15) is 0 Å². The second kappa shape index (κ2) is 46.1. The number of unbranched alkanes of at least 4 members (excludes halogenated alkanes) is 7. The first-order chi connectivity index (χ1) is 42.6. The summed E-state index contributed by atoms with van der Waals surface area (Å²) < 4.78 is 46.5. The van der Waals surface area contributed by atoms with Gasteiger partial charge in [-0.25, -0.2) is 0 Å². The molecule has 0 aromatic carbocycles. The van der Waals surface area contributed by atoms with Crippen molar-refractivity contribution in [3.8, 4) is 0 Å². The van der Waals surface area contributed by atoms with Crippen LogP contribution in [0.3, 0.4) is 0 Å². The third kappa shape index (κ3) is 32.1. The van der Waals surface area contributed by atoms with Crippen molar-refractivity contribution in [2.75, 3.05) is 92.4 Å². The maximum atomic E-state index is 12.8. The number of hydrogen-bond acceptors (Lipinski definition) is 23. The van der Waals surface area contributed by atoms with Gasteiger partial charge in [0.2, 0.25) is 11.8 Å². The summed E-state index contributed by atoms with van der Waals surface area (Å²) in [5.74, 6) is -1.65. The Kier molecular flexibility index (Phi) is 41.5. The molecule has 0 aromatic rings. The van der Waals surface area contributed by atoms with Gasteiger partial charge in [-0.3, -0.25) is 28.8 Å². The Morgan fingerprint density at radius 3 is 1.18 bits per heavy atom. The number of carbonyl (C=O) groups is 6. The molecule has 2 aliphatic heterocycles. The first-order valence-corrected chi connectivity index (χ1v) is 33.0. The van der Waals surface area contributed by atoms with Gasteiger partial charge in [0.25, 0.3) is 0 Å². The normalized spacial score (nSPS) is 27.9. The summed E-state index contributed by atoms with van der Waals surface area (Å²) in [5.41, 5.74) is -0.681. The molecule has 0 spiro atoms. The predicted octanol–water partition coefficient (Wildman–Crippen LogP) is 2.46. The van der Waals surface area contributed by atoms with Crippen LogP contribution in [0.2, 0.25) is 0 Å². The molecule has 25 nitrogen and oxygen atoms in total. The van der Waals surface area contributed by atoms with Crippen LogP contribution in [0.4, 0.5) is 0 Å². The number of carbonyl (C=O) groups excluding carboxylic acids is 6. The van der Waals surface area contributed by atoms with Crippen LogP contribution < -0.4 is 10.6 Å². The van der Waals surface area contributed by atoms with Crippen LogP contribution in [-0.2, 0) is 66.7 Å². The Morgan fingerprint density at radius 1 is 0.404 bits per heavy atom. The fourth-order valence-corrected chi connectivity index (χ4v) is 11.0. The summed E-state index contributed by atoms with van der Waals surface area (Å²) in [6, 6.07) is 0. The summed E-state index contributed by atoms with van der Waals surface area (Å²) in [7, 11) is 0.